The summed E-state index contributed by atoms with van der Waals surface area (Å²) in [5, 5.41) is 17.0. The first-order valence-corrected chi connectivity index (χ1v) is 13.8. The van der Waals surface area contributed by atoms with Gasteiger partial charge in [-0.05, 0) is 63.0 Å². The molecule has 3 aromatic rings. The molecule has 2 fully saturated rings. The third-order valence-corrected chi connectivity index (χ3v) is 7.49. The third kappa shape index (κ3) is 6.34. The zero-order valence-corrected chi connectivity index (χ0v) is 20.6. The second-order valence-corrected chi connectivity index (χ2v) is 11.0. The van der Waals surface area contributed by atoms with Gasteiger partial charge in [-0.1, -0.05) is 19.3 Å². The summed E-state index contributed by atoms with van der Waals surface area (Å²) in [6.45, 7) is 1.87. The fourth-order valence-electron chi connectivity index (χ4n) is 4.36. The summed E-state index contributed by atoms with van der Waals surface area (Å²) in [6.07, 6.45) is 11.6. The van der Waals surface area contributed by atoms with Crippen LogP contribution in [0.5, 0.6) is 5.88 Å². The van der Waals surface area contributed by atoms with Crippen LogP contribution in [0.4, 0.5) is 0 Å². The van der Waals surface area contributed by atoms with Crippen LogP contribution in [0.25, 0.3) is 16.7 Å². The van der Waals surface area contributed by atoms with Crippen molar-refractivity contribution in [2.24, 2.45) is 5.92 Å². The Bertz CT molecular complexity index is 1250. The van der Waals surface area contributed by atoms with Crippen LogP contribution < -0.4 is 10.1 Å². The SMILES string of the molecule is CS(=O)(=O)c1ccc(-n2ncc3c(OC4CCNCC4)ncnc32)cc1.O=C(O)C1CCCCC1. The number of aliphatic carboxylic acids is 1. The number of sulfone groups is 1. The minimum absolute atomic E-state index is 0.0289. The molecule has 2 aliphatic rings. The van der Waals surface area contributed by atoms with E-state index in [0.29, 0.717) is 11.5 Å². The summed E-state index contributed by atoms with van der Waals surface area (Å²) in [6, 6.07) is 6.54. The molecule has 1 aliphatic carbocycles. The van der Waals surface area contributed by atoms with Crippen molar-refractivity contribution >= 4 is 26.8 Å². The number of hydrogen-bond donors (Lipinski definition) is 2. The van der Waals surface area contributed by atoms with E-state index < -0.39 is 15.8 Å². The third-order valence-electron chi connectivity index (χ3n) is 6.36. The Hall–Kier alpha value is -3.05. The van der Waals surface area contributed by atoms with Crippen molar-refractivity contribution in [2.75, 3.05) is 19.3 Å². The molecule has 0 bridgehead atoms. The van der Waals surface area contributed by atoms with Gasteiger partial charge in [0, 0.05) is 6.26 Å². The smallest absolute Gasteiger partial charge is 0.306 e. The molecule has 11 heteroatoms. The molecule has 1 saturated carbocycles. The second-order valence-electron chi connectivity index (χ2n) is 8.98. The van der Waals surface area contributed by atoms with Crippen LogP contribution in [0.2, 0.25) is 0 Å². The maximum Gasteiger partial charge on any atom is 0.306 e. The molecule has 0 radical (unpaired) electrons. The normalized spacial score (nSPS) is 17.5. The number of nitrogens with zero attached hydrogens (tertiary/aromatic N) is 4. The Morgan fingerprint density at radius 1 is 1.06 bits per heavy atom. The number of piperidine rings is 1. The van der Waals surface area contributed by atoms with Gasteiger partial charge in [0.25, 0.3) is 0 Å². The number of hydrogen-bond acceptors (Lipinski definition) is 8. The average Bonchev–Trinajstić information content (AvgIpc) is 3.30. The predicted octanol–water partition coefficient (Wildman–Crippen LogP) is 3.00. The number of ether oxygens (including phenoxy) is 1. The lowest BCUT2D eigenvalue weighted by molar-refractivity contribution is -0.142. The monoisotopic (exact) mass is 501 g/mol. The number of carboxylic acid groups (broad SMARTS) is 1. The summed E-state index contributed by atoms with van der Waals surface area (Å²) in [4.78, 5) is 19.2. The number of carboxylic acids is 1. The Kier molecular flexibility index (Phi) is 7.97. The molecule has 1 saturated heterocycles. The van der Waals surface area contributed by atoms with Gasteiger partial charge in [-0.2, -0.15) is 5.10 Å². The van der Waals surface area contributed by atoms with Gasteiger partial charge in [0.15, 0.2) is 15.5 Å². The van der Waals surface area contributed by atoms with E-state index in [-0.39, 0.29) is 16.9 Å². The summed E-state index contributed by atoms with van der Waals surface area (Å²) < 4.78 is 30.9. The molecular weight excluding hydrogens is 470 g/mol. The first-order valence-electron chi connectivity index (χ1n) is 11.9. The zero-order chi connectivity index (χ0) is 24.8. The topological polar surface area (TPSA) is 136 Å². The van der Waals surface area contributed by atoms with Crippen LogP contribution in [-0.2, 0) is 14.6 Å². The molecule has 10 nitrogen and oxygen atoms in total. The van der Waals surface area contributed by atoms with Gasteiger partial charge in [0.2, 0.25) is 5.88 Å². The van der Waals surface area contributed by atoms with Crippen molar-refractivity contribution in [2.45, 2.75) is 55.9 Å². The van der Waals surface area contributed by atoms with E-state index in [4.69, 9.17) is 9.84 Å². The first-order chi connectivity index (χ1) is 16.8. The van der Waals surface area contributed by atoms with Crippen LogP contribution in [0.1, 0.15) is 44.9 Å². The van der Waals surface area contributed by atoms with Gasteiger partial charge in [-0.3, -0.25) is 4.79 Å². The van der Waals surface area contributed by atoms with Crippen molar-refractivity contribution in [3.63, 3.8) is 0 Å². The molecule has 1 aromatic carbocycles. The molecule has 2 aromatic heterocycles. The number of nitrogens with one attached hydrogen (secondary N) is 1. The van der Waals surface area contributed by atoms with E-state index in [0.717, 1.165) is 62.7 Å². The standard InChI is InChI=1S/C17H19N5O3S.C7H12O2/c1-26(23,24)14-4-2-12(3-5-14)22-16-15(10-21-22)17(20-11-19-16)25-13-6-8-18-9-7-13;8-7(9)6-4-2-1-3-5-6/h2-5,10-11,13,18H,6-9H2,1H3;6H,1-5H2,(H,8,9). The number of benzene rings is 1. The minimum Gasteiger partial charge on any atom is -0.481 e. The van der Waals surface area contributed by atoms with E-state index in [2.05, 4.69) is 20.4 Å². The van der Waals surface area contributed by atoms with Crippen molar-refractivity contribution in [1.82, 2.24) is 25.1 Å². The number of fused-ring (bicyclic) bond motifs is 1. The van der Waals surface area contributed by atoms with Gasteiger partial charge in [-0.15, -0.1) is 0 Å². The Morgan fingerprint density at radius 3 is 2.34 bits per heavy atom. The highest BCUT2D eigenvalue weighted by Gasteiger charge is 2.20. The maximum absolute atomic E-state index is 11.6. The van der Waals surface area contributed by atoms with E-state index in [9.17, 15) is 13.2 Å². The first kappa shape index (κ1) is 25.1. The zero-order valence-electron chi connectivity index (χ0n) is 19.8. The molecule has 0 atom stereocenters. The molecule has 188 valence electrons. The van der Waals surface area contributed by atoms with E-state index in [1.807, 2.05) is 0 Å². The van der Waals surface area contributed by atoms with Crippen LogP contribution in [0, 0.1) is 5.92 Å². The molecule has 3 heterocycles. The second kappa shape index (κ2) is 11.1. The van der Waals surface area contributed by atoms with Crippen molar-refractivity contribution < 1.29 is 23.1 Å². The Labute approximate surface area is 204 Å². The van der Waals surface area contributed by atoms with Gasteiger partial charge >= 0.3 is 5.97 Å². The fourth-order valence-corrected chi connectivity index (χ4v) is 4.99. The molecule has 0 amide bonds. The van der Waals surface area contributed by atoms with Crippen molar-refractivity contribution in [1.29, 1.82) is 0 Å². The lowest BCUT2D eigenvalue weighted by atomic mass is 9.90. The van der Waals surface area contributed by atoms with E-state index >= 15 is 0 Å². The number of rotatable bonds is 5. The molecule has 35 heavy (non-hydrogen) atoms. The number of carbonyl (C=O) groups is 1. The summed E-state index contributed by atoms with van der Waals surface area (Å²) in [5.74, 6) is -0.102. The summed E-state index contributed by atoms with van der Waals surface area (Å²) in [7, 11) is -3.23. The molecule has 1 aliphatic heterocycles. The van der Waals surface area contributed by atoms with Crippen LogP contribution in [0.3, 0.4) is 0 Å². The Balaban J connectivity index is 0.000000271. The summed E-state index contributed by atoms with van der Waals surface area (Å²) in [5.41, 5.74) is 1.34. The summed E-state index contributed by atoms with van der Waals surface area (Å²) >= 11 is 0. The maximum atomic E-state index is 11.6. The fraction of sp³-hybridized carbons (Fsp3) is 0.500. The van der Waals surface area contributed by atoms with Gasteiger partial charge < -0.3 is 15.2 Å². The van der Waals surface area contributed by atoms with Crippen molar-refractivity contribution in [3.05, 3.63) is 36.8 Å². The van der Waals surface area contributed by atoms with Crippen LogP contribution >= 0.6 is 0 Å². The molecule has 2 N–H and O–H groups in total. The van der Waals surface area contributed by atoms with E-state index in [1.54, 1.807) is 35.1 Å². The van der Waals surface area contributed by atoms with Crippen LogP contribution in [0.15, 0.2) is 41.7 Å². The lowest BCUT2D eigenvalue weighted by Crippen LogP contribution is -2.34. The van der Waals surface area contributed by atoms with Gasteiger partial charge in [-0.25, -0.2) is 23.1 Å². The highest BCUT2D eigenvalue weighted by atomic mass is 32.2. The minimum atomic E-state index is -3.23. The largest absolute Gasteiger partial charge is 0.481 e. The molecular formula is C24H31N5O5S. The highest BCUT2D eigenvalue weighted by Crippen LogP contribution is 2.26. The van der Waals surface area contributed by atoms with Crippen molar-refractivity contribution in [3.8, 4) is 11.6 Å². The van der Waals surface area contributed by atoms with E-state index in [1.165, 1.54) is 19.0 Å². The number of aromatic nitrogens is 4. The average molecular weight is 502 g/mol. The molecule has 5 rings (SSSR count). The molecule has 0 spiro atoms. The lowest BCUT2D eigenvalue weighted by Gasteiger charge is -2.23. The van der Waals surface area contributed by atoms with Gasteiger partial charge in [0.05, 0.1) is 22.7 Å². The highest BCUT2D eigenvalue weighted by molar-refractivity contribution is 7.90. The quantitative estimate of drug-likeness (QED) is 0.540. The predicted molar refractivity (Wildman–Crippen MR) is 131 cm³/mol. The Morgan fingerprint density at radius 2 is 1.74 bits per heavy atom. The molecule has 0 unspecified atom stereocenters. The van der Waals surface area contributed by atoms with Crippen LogP contribution in [-0.4, -0.2) is 64.7 Å². The van der Waals surface area contributed by atoms with Gasteiger partial charge in [0.1, 0.15) is 17.8 Å².